The third-order valence-electron chi connectivity index (χ3n) is 4.32. The van der Waals surface area contributed by atoms with Crippen molar-refractivity contribution < 1.29 is 13.2 Å². The molecule has 2 N–H and O–H groups in total. The minimum absolute atomic E-state index is 0.205. The quantitative estimate of drug-likeness (QED) is 0.574. The van der Waals surface area contributed by atoms with Crippen LogP contribution < -0.4 is 4.90 Å². The fraction of sp³-hybridized carbons (Fsp3) is 0.118. The Morgan fingerprint density at radius 2 is 1.77 bits per heavy atom. The Morgan fingerprint density at radius 1 is 1.04 bits per heavy atom. The van der Waals surface area contributed by atoms with Crippen molar-refractivity contribution >= 4 is 43.2 Å². The summed E-state index contributed by atoms with van der Waals surface area (Å²) in [5.74, 6) is -0.276. The molecule has 0 atom stereocenters. The lowest BCUT2D eigenvalue weighted by Crippen LogP contribution is -2.26. The number of rotatable bonds is 3. The number of aromatic nitrogens is 4. The molecule has 0 aliphatic rings. The number of nitrogens with zero attached hydrogens (tertiary/aromatic N) is 3. The topological polar surface area (TPSA) is 112 Å². The molecule has 2 aromatic carbocycles. The average molecular weight is 369 g/mol. The Morgan fingerprint density at radius 3 is 2.46 bits per heavy atom. The zero-order valence-electron chi connectivity index (χ0n) is 14.0. The molecule has 26 heavy (non-hydrogen) atoms. The van der Waals surface area contributed by atoms with Crippen molar-refractivity contribution in [2.75, 3.05) is 18.2 Å². The molecule has 4 rings (SSSR count). The van der Waals surface area contributed by atoms with Crippen LogP contribution in [-0.4, -0.2) is 48.0 Å². The second-order valence-electron chi connectivity index (χ2n) is 6.02. The summed E-state index contributed by atoms with van der Waals surface area (Å²) >= 11 is 0. The van der Waals surface area contributed by atoms with Gasteiger partial charge in [-0.15, -0.1) is 0 Å². The van der Waals surface area contributed by atoms with E-state index in [0.29, 0.717) is 22.3 Å². The predicted molar refractivity (Wildman–Crippen MR) is 98.0 cm³/mol. The van der Waals surface area contributed by atoms with Gasteiger partial charge >= 0.3 is 0 Å². The summed E-state index contributed by atoms with van der Waals surface area (Å²) in [7, 11) is -1.66. The van der Waals surface area contributed by atoms with Gasteiger partial charge in [0.1, 0.15) is 11.2 Å². The molecule has 2 heterocycles. The third-order valence-corrected chi connectivity index (χ3v) is 5.44. The zero-order chi connectivity index (χ0) is 18.5. The Kier molecular flexibility index (Phi) is 3.55. The summed E-state index contributed by atoms with van der Waals surface area (Å²) in [6.07, 6.45) is 2.81. The van der Waals surface area contributed by atoms with E-state index in [2.05, 4.69) is 20.4 Å². The van der Waals surface area contributed by atoms with Gasteiger partial charge in [0, 0.05) is 29.8 Å². The molecular weight excluding hydrogens is 354 g/mol. The van der Waals surface area contributed by atoms with E-state index >= 15 is 0 Å². The van der Waals surface area contributed by atoms with Gasteiger partial charge in [0.15, 0.2) is 9.84 Å². The van der Waals surface area contributed by atoms with E-state index in [1.807, 2.05) is 12.1 Å². The number of aromatic amines is 2. The zero-order valence-corrected chi connectivity index (χ0v) is 14.8. The van der Waals surface area contributed by atoms with Crippen molar-refractivity contribution in [1.82, 2.24) is 20.4 Å². The van der Waals surface area contributed by atoms with Gasteiger partial charge in [-0.05, 0) is 36.4 Å². The molecule has 0 fully saturated rings. The monoisotopic (exact) mass is 369 g/mol. The van der Waals surface area contributed by atoms with Gasteiger partial charge < -0.3 is 4.90 Å². The number of nitrogens with one attached hydrogen (secondary N) is 2. The van der Waals surface area contributed by atoms with Crippen LogP contribution in [0.3, 0.4) is 0 Å². The van der Waals surface area contributed by atoms with Crippen molar-refractivity contribution in [3.05, 3.63) is 48.3 Å². The number of fused-ring (bicyclic) bond motifs is 3. The first kappa shape index (κ1) is 16.3. The van der Waals surface area contributed by atoms with Crippen LogP contribution in [0.2, 0.25) is 0 Å². The van der Waals surface area contributed by atoms with E-state index in [9.17, 15) is 13.2 Å². The number of benzene rings is 2. The van der Waals surface area contributed by atoms with E-state index in [1.165, 1.54) is 17.0 Å². The molecule has 0 saturated carbocycles. The fourth-order valence-corrected chi connectivity index (χ4v) is 3.49. The molecule has 0 aliphatic heterocycles. The third kappa shape index (κ3) is 2.53. The molecule has 1 amide bonds. The fourth-order valence-electron chi connectivity index (χ4n) is 2.86. The molecule has 0 bridgehead atoms. The minimum Gasteiger partial charge on any atom is -0.310 e. The first-order chi connectivity index (χ1) is 12.4. The number of sulfone groups is 1. The van der Waals surface area contributed by atoms with Gasteiger partial charge in [-0.3, -0.25) is 15.0 Å². The summed E-state index contributed by atoms with van der Waals surface area (Å²) in [6, 6.07) is 9.82. The Bertz CT molecular complexity index is 1240. The Balaban J connectivity index is 1.72. The predicted octanol–water partition coefficient (Wildman–Crippen LogP) is 2.12. The highest BCUT2D eigenvalue weighted by atomic mass is 32.2. The SMILES string of the molecule is CN(C(=O)c1[nH]nc2c1ccc1[nH]ncc12)c1ccc(S(C)(=O)=O)cc1. The van der Waals surface area contributed by atoms with Crippen LogP contribution in [0.1, 0.15) is 10.5 Å². The number of hydrogen-bond donors (Lipinski definition) is 2. The van der Waals surface area contributed by atoms with Gasteiger partial charge in [-0.25, -0.2) is 8.42 Å². The van der Waals surface area contributed by atoms with Crippen molar-refractivity contribution in [3.8, 4) is 0 Å². The Labute approximate surface area is 148 Å². The molecule has 132 valence electrons. The van der Waals surface area contributed by atoms with Gasteiger partial charge in [-0.2, -0.15) is 10.2 Å². The highest BCUT2D eigenvalue weighted by molar-refractivity contribution is 7.90. The lowest BCUT2D eigenvalue weighted by atomic mass is 10.1. The largest absolute Gasteiger partial charge is 0.310 e. The molecule has 0 unspecified atom stereocenters. The van der Waals surface area contributed by atoms with Crippen LogP contribution in [0.25, 0.3) is 21.8 Å². The summed E-state index contributed by atoms with van der Waals surface area (Å²) in [6.45, 7) is 0. The number of carbonyl (C=O) groups is 1. The summed E-state index contributed by atoms with van der Waals surface area (Å²) in [5.41, 5.74) is 2.44. The number of H-pyrrole nitrogens is 2. The molecule has 0 radical (unpaired) electrons. The van der Waals surface area contributed by atoms with Crippen molar-refractivity contribution in [2.24, 2.45) is 0 Å². The number of anilines is 1. The minimum atomic E-state index is -3.28. The molecule has 0 spiro atoms. The van der Waals surface area contributed by atoms with Crippen molar-refractivity contribution in [3.63, 3.8) is 0 Å². The second-order valence-corrected chi connectivity index (χ2v) is 8.04. The van der Waals surface area contributed by atoms with Crippen molar-refractivity contribution in [1.29, 1.82) is 0 Å². The summed E-state index contributed by atoms with van der Waals surface area (Å²) in [5, 5.41) is 15.4. The van der Waals surface area contributed by atoms with Crippen LogP contribution in [0, 0.1) is 0 Å². The van der Waals surface area contributed by atoms with Gasteiger partial charge in [-0.1, -0.05) is 0 Å². The van der Waals surface area contributed by atoms with Crippen LogP contribution in [0.5, 0.6) is 0 Å². The highest BCUT2D eigenvalue weighted by Gasteiger charge is 2.20. The molecule has 9 heteroatoms. The van der Waals surface area contributed by atoms with Crippen LogP contribution in [0.4, 0.5) is 5.69 Å². The normalized spacial score (nSPS) is 11.9. The highest BCUT2D eigenvalue weighted by Crippen LogP contribution is 2.26. The van der Waals surface area contributed by atoms with Gasteiger partial charge in [0.05, 0.1) is 16.6 Å². The van der Waals surface area contributed by atoms with Crippen LogP contribution >= 0.6 is 0 Å². The van der Waals surface area contributed by atoms with Crippen LogP contribution in [-0.2, 0) is 9.84 Å². The van der Waals surface area contributed by atoms with Crippen LogP contribution in [0.15, 0.2) is 47.5 Å². The summed E-state index contributed by atoms with van der Waals surface area (Å²) < 4.78 is 23.1. The molecule has 4 aromatic rings. The number of carbonyl (C=O) groups excluding carboxylic acids is 1. The summed E-state index contributed by atoms with van der Waals surface area (Å²) in [4.78, 5) is 14.5. The first-order valence-corrected chi connectivity index (χ1v) is 9.64. The van der Waals surface area contributed by atoms with Crippen molar-refractivity contribution in [2.45, 2.75) is 4.90 Å². The molecule has 0 aliphatic carbocycles. The van der Waals surface area contributed by atoms with E-state index in [-0.39, 0.29) is 10.8 Å². The standard InChI is InChI=1S/C17H15N5O3S/c1-22(10-3-5-11(6-4-10)26(2,24)25)17(23)16-12-7-8-14-13(9-18-19-14)15(12)20-21-16/h3-9H,1-2H3,(H,18,19)(H,20,21). The maximum atomic E-state index is 12.9. The van der Waals surface area contributed by atoms with E-state index in [0.717, 1.165) is 17.2 Å². The number of hydrogen-bond acceptors (Lipinski definition) is 5. The first-order valence-electron chi connectivity index (χ1n) is 7.74. The second kappa shape index (κ2) is 5.67. The lowest BCUT2D eigenvalue weighted by Gasteiger charge is -2.17. The maximum Gasteiger partial charge on any atom is 0.276 e. The molecule has 8 nitrogen and oxygen atoms in total. The molecule has 0 saturated heterocycles. The van der Waals surface area contributed by atoms with Gasteiger partial charge in [0.2, 0.25) is 0 Å². The van der Waals surface area contributed by atoms with E-state index < -0.39 is 9.84 Å². The van der Waals surface area contributed by atoms with Gasteiger partial charge in [0.25, 0.3) is 5.91 Å². The molecule has 2 aromatic heterocycles. The average Bonchev–Trinajstić information content (AvgIpc) is 3.25. The maximum absolute atomic E-state index is 12.9. The van der Waals surface area contributed by atoms with E-state index in [1.54, 1.807) is 25.4 Å². The smallest absolute Gasteiger partial charge is 0.276 e. The Hall–Kier alpha value is -3.20. The number of amides is 1. The molecular formula is C17H15N5O3S. The lowest BCUT2D eigenvalue weighted by molar-refractivity contribution is 0.0989. The van der Waals surface area contributed by atoms with E-state index in [4.69, 9.17) is 0 Å².